The Bertz CT molecular complexity index is 961. The Morgan fingerprint density at radius 1 is 1.04 bits per heavy atom. The first-order valence-electron chi connectivity index (χ1n) is 8.41. The Labute approximate surface area is 156 Å². The van der Waals surface area contributed by atoms with Gasteiger partial charge in [0, 0.05) is 12.0 Å². The number of carbonyl (C=O) groups excluding carboxylic acids is 1. The summed E-state index contributed by atoms with van der Waals surface area (Å²) in [5, 5.41) is 12.9. The van der Waals surface area contributed by atoms with Gasteiger partial charge in [-0.2, -0.15) is 5.10 Å². The van der Waals surface area contributed by atoms with Crippen LogP contribution in [0.2, 0.25) is 0 Å². The number of hydrogen-bond donors (Lipinski definition) is 2. The molecule has 6 heteroatoms. The monoisotopic (exact) mass is 362 g/mol. The van der Waals surface area contributed by atoms with Crippen molar-refractivity contribution in [2.75, 3.05) is 0 Å². The van der Waals surface area contributed by atoms with Crippen LogP contribution in [0.5, 0.6) is 0 Å². The summed E-state index contributed by atoms with van der Waals surface area (Å²) in [5.41, 5.74) is 4.40. The molecular weight excluding hydrogens is 344 g/mol. The Balaban J connectivity index is 1.55. The van der Waals surface area contributed by atoms with Gasteiger partial charge in [-0.1, -0.05) is 42.5 Å². The van der Waals surface area contributed by atoms with Gasteiger partial charge in [0.15, 0.2) is 0 Å². The number of aromatic carboxylic acids is 1. The van der Waals surface area contributed by atoms with E-state index in [0.29, 0.717) is 29.9 Å². The minimum absolute atomic E-state index is 0.184. The number of hydrazone groups is 1. The lowest BCUT2D eigenvalue weighted by molar-refractivity contribution is -0.121. The van der Waals surface area contributed by atoms with E-state index in [1.165, 1.54) is 18.3 Å². The van der Waals surface area contributed by atoms with Crippen molar-refractivity contribution in [3.8, 4) is 11.3 Å². The van der Waals surface area contributed by atoms with Crippen LogP contribution in [-0.2, 0) is 11.2 Å². The summed E-state index contributed by atoms with van der Waals surface area (Å²) in [6.45, 7) is 0. The van der Waals surface area contributed by atoms with Crippen LogP contribution in [0.1, 0.15) is 28.1 Å². The first-order chi connectivity index (χ1) is 13.1. The van der Waals surface area contributed by atoms with Crippen molar-refractivity contribution in [1.29, 1.82) is 0 Å². The minimum atomic E-state index is -0.997. The van der Waals surface area contributed by atoms with E-state index in [4.69, 9.17) is 9.52 Å². The third kappa shape index (κ3) is 5.15. The number of hydrogen-bond acceptors (Lipinski definition) is 4. The molecule has 27 heavy (non-hydrogen) atoms. The molecule has 3 aromatic rings. The molecule has 0 atom stereocenters. The molecule has 0 aliphatic carbocycles. The SMILES string of the molecule is O=C(CCc1ccccc1)N/N=C\c1ccc(-c2cccc(C(=O)O)c2)o1. The lowest BCUT2D eigenvalue weighted by Crippen LogP contribution is -2.17. The van der Waals surface area contributed by atoms with Crippen LogP contribution in [0.4, 0.5) is 0 Å². The van der Waals surface area contributed by atoms with Gasteiger partial charge in [0.2, 0.25) is 5.91 Å². The van der Waals surface area contributed by atoms with E-state index in [1.807, 2.05) is 30.3 Å². The number of amides is 1. The summed E-state index contributed by atoms with van der Waals surface area (Å²) < 4.78 is 5.62. The number of rotatable bonds is 7. The molecule has 0 unspecified atom stereocenters. The van der Waals surface area contributed by atoms with Crippen molar-refractivity contribution in [3.05, 3.63) is 83.6 Å². The van der Waals surface area contributed by atoms with Crippen LogP contribution in [0.25, 0.3) is 11.3 Å². The number of carboxylic acids is 1. The first-order valence-corrected chi connectivity index (χ1v) is 8.41. The normalized spacial score (nSPS) is 10.8. The van der Waals surface area contributed by atoms with Gasteiger partial charge < -0.3 is 9.52 Å². The third-order valence-electron chi connectivity index (χ3n) is 3.89. The molecule has 1 heterocycles. The maximum absolute atomic E-state index is 11.8. The van der Waals surface area contributed by atoms with E-state index in [1.54, 1.807) is 24.3 Å². The molecule has 1 aromatic heterocycles. The van der Waals surface area contributed by atoms with Crippen molar-refractivity contribution < 1.29 is 19.1 Å². The van der Waals surface area contributed by atoms with Crippen LogP contribution >= 0.6 is 0 Å². The van der Waals surface area contributed by atoms with Crippen LogP contribution in [0, 0.1) is 0 Å². The molecule has 2 N–H and O–H groups in total. The highest BCUT2D eigenvalue weighted by atomic mass is 16.4. The van der Waals surface area contributed by atoms with E-state index >= 15 is 0 Å². The summed E-state index contributed by atoms with van der Waals surface area (Å²) >= 11 is 0. The predicted octanol–water partition coefficient (Wildman–Crippen LogP) is 3.73. The van der Waals surface area contributed by atoms with Crippen molar-refractivity contribution in [2.45, 2.75) is 12.8 Å². The number of nitrogens with one attached hydrogen (secondary N) is 1. The molecule has 136 valence electrons. The van der Waals surface area contributed by atoms with Crippen LogP contribution < -0.4 is 5.43 Å². The lowest BCUT2D eigenvalue weighted by Gasteiger charge is -2.00. The summed E-state index contributed by atoms with van der Waals surface area (Å²) in [6, 6.07) is 19.6. The maximum Gasteiger partial charge on any atom is 0.335 e. The van der Waals surface area contributed by atoms with E-state index in [0.717, 1.165) is 5.56 Å². The largest absolute Gasteiger partial charge is 0.478 e. The minimum Gasteiger partial charge on any atom is -0.478 e. The Morgan fingerprint density at radius 3 is 2.63 bits per heavy atom. The second kappa shape index (κ2) is 8.62. The van der Waals surface area contributed by atoms with Gasteiger partial charge >= 0.3 is 5.97 Å². The van der Waals surface area contributed by atoms with Gasteiger partial charge in [0.05, 0.1) is 11.8 Å². The van der Waals surface area contributed by atoms with Crippen LogP contribution in [-0.4, -0.2) is 23.2 Å². The lowest BCUT2D eigenvalue weighted by atomic mass is 10.1. The molecular formula is C21H18N2O4. The Morgan fingerprint density at radius 2 is 1.85 bits per heavy atom. The number of aryl methyl sites for hydroxylation is 1. The average Bonchev–Trinajstić information content (AvgIpc) is 3.16. The molecule has 0 fully saturated rings. The molecule has 0 radical (unpaired) electrons. The summed E-state index contributed by atoms with van der Waals surface area (Å²) in [4.78, 5) is 22.9. The third-order valence-corrected chi connectivity index (χ3v) is 3.89. The molecule has 0 aliphatic rings. The second-order valence-electron chi connectivity index (χ2n) is 5.87. The fraction of sp³-hybridized carbons (Fsp3) is 0.0952. The Hall–Kier alpha value is -3.67. The van der Waals surface area contributed by atoms with E-state index in [2.05, 4.69) is 10.5 Å². The number of benzene rings is 2. The van der Waals surface area contributed by atoms with Gasteiger partial charge in [0.25, 0.3) is 0 Å². The van der Waals surface area contributed by atoms with Gasteiger partial charge in [-0.3, -0.25) is 4.79 Å². The first kappa shape index (κ1) is 18.1. The average molecular weight is 362 g/mol. The molecule has 1 amide bonds. The molecule has 0 spiro atoms. The number of carboxylic acid groups (broad SMARTS) is 1. The number of nitrogens with zero attached hydrogens (tertiary/aromatic N) is 1. The summed E-state index contributed by atoms with van der Waals surface area (Å²) in [5.74, 6) is -0.205. The fourth-order valence-corrected chi connectivity index (χ4v) is 2.51. The van der Waals surface area contributed by atoms with Crippen LogP contribution in [0.3, 0.4) is 0 Å². The molecule has 3 rings (SSSR count). The van der Waals surface area contributed by atoms with Crippen molar-refractivity contribution in [1.82, 2.24) is 5.43 Å². The maximum atomic E-state index is 11.8. The topological polar surface area (TPSA) is 91.9 Å². The van der Waals surface area contributed by atoms with Crippen molar-refractivity contribution in [2.24, 2.45) is 5.10 Å². The fourth-order valence-electron chi connectivity index (χ4n) is 2.51. The van der Waals surface area contributed by atoms with E-state index < -0.39 is 5.97 Å². The van der Waals surface area contributed by atoms with Crippen LogP contribution in [0.15, 0.2) is 76.2 Å². The summed E-state index contributed by atoms with van der Waals surface area (Å²) in [7, 11) is 0. The number of carbonyl (C=O) groups is 2. The molecule has 0 saturated carbocycles. The van der Waals surface area contributed by atoms with E-state index in [9.17, 15) is 9.59 Å². The predicted molar refractivity (Wildman–Crippen MR) is 102 cm³/mol. The zero-order valence-electron chi connectivity index (χ0n) is 14.5. The smallest absolute Gasteiger partial charge is 0.335 e. The molecule has 0 aliphatic heterocycles. The molecule has 6 nitrogen and oxygen atoms in total. The second-order valence-corrected chi connectivity index (χ2v) is 5.87. The van der Waals surface area contributed by atoms with Gasteiger partial charge in [0.1, 0.15) is 11.5 Å². The highest BCUT2D eigenvalue weighted by Crippen LogP contribution is 2.22. The Kier molecular flexibility index (Phi) is 5.79. The van der Waals surface area contributed by atoms with Crippen molar-refractivity contribution >= 4 is 18.1 Å². The molecule has 0 saturated heterocycles. The highest BCUT2D eigenvalue weighted by Gasteiger charge is 2.08. The molecule has 2 aromatic carbocycles. The van der Waals surface area contributed by atoms with Crippen molar-refractivity contribution in [3.63, 3.8) is 0 Å². The quantitative estimate of drug-likeness (QED) is 0.495. The molecule has 0 bridgehead atoms. The zero-order chi connectivity index (χ0) is 19.1. The standard InChI is InChI=1S/C21H18N2O4/c24-20(12-9-15-5-2-1-3-6-15)23-22-14-18-10-11-19(27-18)16-7-4-8-17(13-16)21(25)26/h1-8,10-11,13-14H,9,12H2,(H,23,24)(H,25,26)/b22-14-. The summed E-state index contributed by atoms with van der Waals surface area (Å²) in [6.07, 6.45) is 2.39. The zero-order valence-corrected chi connectivity index (χ0v) is 14.5. The van der Waals surface area contributed by atoms with Gasteiger partial charge in [-0.05, 0) is 36.2 Å². The number of furan rings is 1. The highest BCUT2D eigenvalue weighted by molar-refractivity contribution is 5.89. The van der Waals surface area contributed by atoms with E-state index in [-0.39, 0.29) is 11.5 Å². The van der Waals surface area contributed by atoms with Gasteiger partial charge in [-0.15, -0.1) is 0 Å². The van der Waals surface area contributed by atoms with Gasteiger partial charge in [-0.25, -0.2) is 10.2 Å².